The van der Waals surface area contributed by atoms with E-state index in [1.165, 1.54) is 13.2 Å². The van der Waals surface area contributed by atoms with Gasteiger partial charge in [0.1, 0.15) is 5.56 Å². The van der Waals surface area contributed by atoms with Crippen LogP contribution >= 0.6 is 11.6 Å². The minimum Gasteiger partial charge on any atom is -0.494 e. The van der Waals surface area contributed by atoms with Crippen LogP contribution in [0.25, 0.3) is 0 Å². The second kappa shape index (κ2) is 4.76. The van der Waals surface area contributed by atoms with E-state index >= 15 is 0 Å². The van der Waals surface area contributed by atoms with Crippen LogP contribution in [-0.2, 0) is 15.3 Å². The van der Waals surface area contributed by atoms with Crippen LogP contribution in [0.1, 0.15) is 22.8 Å². The van der Waals surface area contributed by atoms with Crippen molar-refractivity contribution >= 4 is 17.6 Å². The molecule has 1 aromatic carbocycles. The van der Waals surface area contributed by atoms with Crippen LogP contribution in [0.2, 0.25) is 5.02 Å². The third kappa shape index (κ3) is 2.16. The molecule has 1 aliphatic rings. The Labute approximate surface area is 109 Å². The number of rotatable bonds is 3. The summed E-state index contributed by atoms with van der Waals surface area (Å²) in [7, 11) is 1.37. The quantitative estimate of drug-likeness (QED) is 0.914. The van der Waals surface area contributed by atoms with Crippen molar-refractivity contribution in [3.05, 3.63) is 28.3 Å². The molecule has 0 spiro atoms. The molecule has 1 fully saturated rings. The van der Waals surface area contributed by atoms with Gasteiger partial charge in [0, 0.05) is 5.56 Å². The lowest BCUT2D eigenvalue weighted by molar-refractivity contribution is -0.149. The van der Waals surface area contributed by atoms with E-state index in [4.69, 9.17) is 30.9 Å². The highest BCUT2D eigenvalue weighted by Gasteiger charge is 2.35. The normalized spacial score (nSPS) is 17.7. The number of halogens is 1. The van der Waals surface area contributed by atoms with Crippen molar-refractivity contribution in [1.82, 2.24) is 0 Å². The molecule has 0 radical (unpaired) electrons. The molecule has 0 unspecified atom stereocenters. The molecule has 0 atom stereocenters. The number of aromatic carboxylic acids is 1. The fraction of sp³-hybridized carbons (Fsp3) is 0.417. The van der Waals surface area contributed by atoms with Crippen LogP contribution in [0.3, 0.4) is 0 Å². The van der Waals surface area contributed by atoms with Crippen LogP contribution in [0.4, 0.5) is 0 Å². The Kier molecular flexibility index (Phi) is 3.47. The second-order valence-electron chi connectivity index (χ2n) is 3.99. The summed E-state index contributed by atoms with van der Waals surface area (Å²) in [5, 5.41) is 9.37. The Morgan fingerprint density at radius 1 is 1.44 bits per heavy atom. The zero-order valence-corrected chi connectivity index (χ0v) is 10.8. The van der Waals surface area contributed by atoms with Gasteiger partial charge in [-0.15, -0.1) is 0 Å². The van der Waals surface area contributed by atoms with E-state index in [1.807, 2.05) is 0 Å². The molecule has 1 saturated heterocycles. The zero-order chi connectivity index (χ0) is 13.3. The van der Waals surface area contributed by atoms with E-state index < -0.39 is 11.8 Å². The van der Waals surface area contributed by atoms with E-state index in [0.717, 1.165) is 0 Å². The highest BCUT2D eigenvalue weighted by molar-refractivity contribution is 6.32. The average molecular weight is 273 g/mol. The molecule has 1 N–H and O–H groups in total. The molecule has 1 aliphatic heterocycles. The largest absolute Gasteiger partial charge is 0.494 e. The molecule has 0 amide bonds. The lowest BCUT2D eigenvalue weighted by atomic mass is 10.0. The van der Waals surface area contributed by atoms with Crippen molar-refractivity contribution in [3.8, 4) is 5.75 Å². The fourth-order valence-corrected chi connectivity index (χ4v) is 2.20. The molecule has 0 saturated carbocycles. The van der Waals surface area contributed by atoms with E-state index in [9.17, 15) is 4.79 Å². The third-order valence-electron chi connectivity index (χ3n) is 2.84. The molecule has 2 rings (SSSR count). The van der Waals surface area contributed by atoms with E-state index in [-0.39, 0.29) is 16.3 Å². The molecule has 0 aromatic heterocycles. The first kappa shape index (κ1) is 13.1. The predicted molar refractivity (Wildman–Crippen MR) is 64.2 cm³/mol. The summed E-state index contributed by atoms with van der Waals surface area (Å²) >= 11 is 6.02. The van der Waals surface area contributed by atoms with Gasteiger partial charge in [0.05, 0.1) is 25.3 Å². The minimum absolute atomic E-state index is 0.0136. The zero-order valence-electron chi connectivity index (χ0n) is 10.0. The topological polar surface area (TPSA) is 65.0 Å². The van der Waals surface area contributed by atoms with Gasteiger partial charge in [-0.25, -0.2) is 4.79 Å². The first-order valence-corrected chi connectivity index (χ1v) is 5.75. The van der Waals surface area contributed by atoms with Crippen LogP contribution in [0.5, 0.6) is 5.75 Å². The third-order valence-corrected chi connectivity index (χ3v) is 3.12. The molecular weight excluding hydrogens is 260 g/mol. The summed E-state index contributed by atoms with van der Waals surface area (Å²) in [5.74, 6) is -1.94. The maximum absolute atomic E-state index is 11.2. The van der Waals surface area contributed by atoms with E-state index in [0.29, 0.717) is 18.8 Å². The second-order valence-corrected chi connectivity index (χ2v) is 4.39. The Balaban J connectivity index is 2.54. The highest BCUT2D eigenvalue weighted by atomic mass is 35.5. The van der Waals surface area contributed by atoms with Crippen LogP contribution in [0, 0.1) is 0 Å². The molecule has 6 heteroatoms. The molecule has 0 bridgehead atoms. The van der Waals surface area contributed by atoms with Gasteiger partial charge in [-0.05, 0) is 19.1 Å². The van der Waals surface area contributed by atoms with Crippen molar-refractivity contribution in [2.45, 2.75) is 12.7 Å². The summed E-state index contributed by atoms with van der Waals surface area (Å²) in [5.41, 5.74) is 0.545. The maximum atomic E-state index is 11.2. The van der Waals surface area contributed by atoms with Crippen molar-refractivity contribution in [2.75, 3.05) is 20.3 Å². The van der Waals surface area contributed by atoms with Gasteiger partial charge in [-0.1, -0.05) is 11.6 Å². The Morgan fingerprint density at radius 2 is 2.06 bits per heavy atom. The standard InChI is InChI=1S/C12H13ClO5/c1-12(17-3-4-18-12)7-5-8(11(14)15)10(16-2)9(13)6-7/h5-6H,3-4H2,1-2H3,(H,14,15). The van der Waals surface area contributed by atoms with Gasteiger partial charge >= 0.3 is 5.97 Å². The number of ether oxygens (including phenoxy) is 3. The average Bonchev–Trinajstić information content (AvgIpc) is 2.76. The van der Waals surface area contributed by atoms with Crippen molar-refractivity contribution in [3.63, 3.8) is 0 Å². The summed E-state index contributed by atoms with van der Waals surface area (Å²) in [6.07, 6.45) is 0. The van der Waals surface area contributed by atoms with E-state index in [1.54, 1.807) is 13.0 Å². The number of carboxylic acid groups (broad SMARTS) is 1. The first-order chi connectivity index (χ1) is 8.48. The van der Waals surface area contributed by atoms with Crippen LogP contribution in [-0.4, -0.2) is 31.4 Å². The Morgan fingerprint density at radius 3 is 2.56 bits per heavy atom. The van der Waals surface area contributed by atoms with Gasteiger partial charge in [0.25, 0.3) is 0 Å². The molecule has 5 nitrogen and oxygen atoms in total. The number of hydrogen-bond donors (Lipinski definition) is 1. The summed E-state index contributed by atoms with van der Waals surface area (Å²) < 4.78 is 15.9. The molecule has 1 aromatic rings. The molecule has 98 valence electrons. The number of carbonyl (C=O) groups is 1. The summed E-state index contributed by atoms with van der Waals surface area (Å²) in [6, 6.07) is 3.05. The number of methoxy groups -OCH3 is 1. The molecular formula is C12H13ClO5. The first-order valence-electron chi connectivity index (χ1n) is 5.37. The predicted octanol–water partition coefficient (Wildman–Crippen LogP) is 2.27. The molecule has 1 heterocycles. The van der Waals surface area contributed by atoms with Gasteiger partial charge in [0.15, 0.2) is 11.5 Å². The van der Waals surface area contributed by atoms with Crippen LogP contribution in [0.15, 0.2) is 12.1 Å². The number of carboxylic acids is 1. The maximum Gasteiger partial charge on any atom is 0.339 e. The Bertz CT molecular complexity index is 480. The smallest absolute Gasteiger partial charge is 0.339 e. The van der Waals surface area contributed by atoms with Crippen molar-refractivity contribution in [1.29, 1.82) is 0 Å². The van der Waals surface area contributed by atoms with Gasteiger partial charge in [-0.2, -0.15) is 0 Å². The van der Waals surface area contributed by atoms with Crippen molar-refractivity contribution < 1.29 is 24.1 Å². The van der Waals surface area contributed by atoms with Gasteiger partial charge < -0.3 is 19.3 Å². The monoisotopic (exact) mass is 272 g/mol. The van der Waals surface area contributed by atoms with Crippen molar-refractivity contribution in [2.24, 2.45) is 0 Å². The van der Waals surface area contributed by atoms with Crippen LogP contribution < -0.4 is 4.74 Å². The fourth-order valence-electron chi connectivity index (χ4n) is 1.90. The minimum atomic E-state index is -1.11. The number of benzene rings is 1. The summed E-state index contributed by atoms with van der Waals surface area (Å²) in [6.45, 7) is 2.65. The lowest BCUT2D eigenvalue weighted by Gasteiger charge is -2.24. The number of hydrogen-bond acceptors (Lipinski definition) is 4. The molecule has 18 heavy (non-hydrogen) atoms. The summed E-state index contributed by atoms with van der Waals surface area (Å²) in [4.78, 5) is 11.2. The van der Waals surface area contributed by atoms with Gasteiger partial charge in [-0.3, -0.25) is 0 Å². The SMILES string of the molecule is COc1c(Cl)cc(C2(C)OCCO2)cc1C(=O)O. The van der Waals surface area contributed by atoms with Gasteiger partial charge in [0.2, 0.25) is 0 Å². The molecule has 0 aliphatic carbocycles. The lowest BCUT2D eigenvalue weighted by Crippen LogP contribution is -2.23. The Hall–Kier alpha value is -1.30. The highest BCUT2D eigenvalue weighted by Crippen LogP contribution is 2.37. The van der Waals surface area contributed by atoms with E-state index in [2.05, 4.69) is 0 Å².